The Morgan fingerprint density at radius 1 is 1.11 bits per heavy atom. The maximum Gasteiger partial charge on any atom is 0.238 e. The lowest BCUT2D eigenvalue weighted by molar-refractivity contribution is -0.117. The van der Waals surface area contributed by atoms with Gasteiger partial charge < -0.3 is 15.1 Å². The predicted molar refractivity (Wildman–Crippen MR) is 112 cm³/mol. The highest BCUT2D eigenvalue weighted by atomic mass is 19.1. The van der Waals surface area contributed by atoms with E-state index in [0.717, 1.165) is 44.0 Å². The van der Waals surface area contributed by atoms with Gasteiger partial charge in [0.05, 0.1) is 6.54 Å². The first-order chi connectivity index (χ1) is 13.5. The van der Waals surface area contributed by atoms with Gasteiger partial charge in [0, 0.05) is 44.1 Å². The van der Waals surface area contributed by atoms with Crippen molar-refractivity contribution in [3.8, 4) is 0 Å². The van der Waals surface area contributed by atoms with Crippen molar-refractivity contribution in [1.82, 2.24) is 9.80 Å². The standard InChI is InChI=1S/C22H29FN4O/c1-3-26-11-13-27(14-12-26)21-9-7-20(8-10-21)24-22(28)17-25(2)16-18-5-4-6-19(23)15-18/h4-10,15H,3,11-14,16-17H2,1-2H3,(H,24,28). The number of hydrogen-bond acceptors (Lipinski definition) is 4. The Hall–Kier alpha value is -2.44. The Balaban J connectivity index is 1.47. The van der Waals surface area contributed by atoms with E-state index in [0.29, 0.717) is 6.54 Å². The lowest BCUT2D eigenvalue weighted by Crippen LogP contribution is -2.46. The molecule has 6 heteroatoms. The van der Waals surface area contributed by atoms with Crippen molar-refractivity contribution in [2.45, 2.75) is 13.5 Å². The first kappa shape index (κ1) is 20.3. The van der Waals surface area contributed by atoms with Crippen LogP contribution in [0.3, 0.4) is 0 Å². The SMILES string of the molecule is CCN1CCN(c2ccc(NC(=O)CN(C)Cc3cccc(F)c3)cc2)CC1. The molecule has 0 atom stereocenters. The average molecular weight is 384 g/mol. The van der Waals surface area contributed by atoms with E-state index >= 15 is 0 Å². The molecule has 0 bridgehead atoms. The van der Waals surface area contributed by atoms with Crippen molar-refractivity contribution in [1.29, 1.82) is 0 Å². The minimum absolute atomic E-state index is 0.0804. The summed E-state index contributed by atoms with van der Waals surface area (Å²) in [7, 11) is 1.85. The van der Waals surface area contributed by atoms with E-state index in [4.69, 9.17) is 0 Å². The summed E-state index contributed by atoms with van der Waals surface area (Å²) in [5.41, 5.74) is 2.83. The zero-order valence-electron chi connectivity index (χ0n) is 16.7. The fraction of sp³-hybridized carbons (Fsp3) is 0.409. The third-order valence-corrected chi connectivity index (χ3v) is 5.09. The second-order valence-corrected chi connectivity index (χ2v) is 7.32. The molecule has 1 heterocycles. The number of likely N-dealkylation sites (N-methyl/N-ethyl adjacent to an activating group) is 2. The number of halogens is 1. The van der Waals surface area contributed by atoms with Gasteiger partial charge in [0.25, 0.3) is 0 Å². The van der Waals surface area contributed by atoms with Gasteiger partial charge in [-0.15, -0.1) is 0 Å². The second kappa shape index (κ2) is 9.66. The van der Waals surface area contributed by atoms with Gasteiger partial charge in [0.1, 0.15) is 5.82 Å². The van der Waals surface area contributed by atoms with Gasteiger partial charge >= 0.3 is 0 Å². The Morgan fingerprint density at radius 3 is 2.46 bits per heavy atom. The topological polar surface area (TPSA) is 38.8 Å². The number of piperazine rings is 1. The quantitative estimate of drug-likeness (QED) is 0.796. The van der Waals surface area contributed by atoms with Crippen LogP contribution < -0.4 is 10.2 Å². The number of carbonyl (C=O) groups is 1. The van der Waals surface area contributed by atoms with Crippen LogP contribution in [0.1, 0.15) is 12.5 Å². The van der Waals surface area contributed by atoms with Crippen LogP contribution in [0.5, 0.6) is 0 Å². The smallest absolute Gasteiger partial charge is 0.238 e. The summed E-state index contributed by atoms with van der Waals surface area (Å²) >= 11 is 0. The Kier molecular flexibility index (Phi) is 7.01. The van der Waals surface area contributed by atoms with Crippen molar-refractivity contribution in [3.05, 3.63) is 59.9 Å². The van der Waals surface area contributed by atoms with E-state index in [9.17, 15) is 9.18 Å². The Morgan fingerprint density at radius 2 is 1.82 bits per heavy atom. The summed E-state index contributed by atoms with van der Waals surface area (Å²) in [6, 6.07) is 14.5. The lowest BCUT2D eigenvalue weighted by Gasteiger charge is -2.35. The molecule has 3 rings (SSSR count). The van der Waals surface area contributed by atoms with Crippen molar-refractivity contribution < 1.29 is 9.18 Å². The van der Waals surface area contributed by atoms with E-state index < -0.39 is 0 Å². The summed E-state index contributed by atoms with van der Waals surface area (Å²) in [5.74, 6) is -0.338. The van der Waals surface area contributed by atoms with Crippen LogP contribution in [0.25, 0.3) is 0 Å². The molecule has 150 valence electrons. The largest absolute Gasteiger partial charge is 0.369 e. The molecular weight excluding hydrogens is 355 g/mol. The van der Waals surface area contributed by atoms with Gasteiger partial charge in [-0.2, -0.15) is 0 Å². The zero-order chi connectivity index (χ0) is 19.9. The van der Waals surface area contributed by atoms with Crippen LogP contribution in [-0.4, -0.2) is 62.0 Å². The predicted octanol–water partition coefficient (Wildman–Crippen LogP) is 3.04. The summed E-state index contributed by atoms with van der Waals surface area (Å²) in [6.07, 6.45) is 0. The number of nitrogens with zero attached hydrogens (tertiary/aromatic N) is 3. The fourth-order valence-electron chi connectivity index (χ4n) is 3.53. The fourth-order valence-corrected chi connectivity index (χ4v) is 3.53. The summed E-state index contributed by atoms with van der Waals surface area (Å²) in [6.45, 7) is 8.31. The zero-order valence-corrected chi connectivity index (χ0v) is 16.7. The molecule has 1 fully saturated rings. The number of benzene rings is 2. The van der Waals surface area contributed by atoms with E-state index in [2.05, 4.69) is 34.2 Å². The van der Waals surface area contributed by atoms with Gasteiger partial charge in [-0.05, 0) is 55.6 Å². The van der Waals surface area contributed by atoms with Gasteiger partial charge in [0.15, 0.2) is 0 Å². The summed E-state index contributed by atoms with van der Waals surface area (Å²) in [4.78, 5) is 19.0. The molecule has 5 nitrogen and oxygen atoms in total. The molecule has 0 radical (unpaired) electrons. The van der Waals surface area contributed by atoms with E-state index in [1.165, 1.54) is 17.8 Å². The Labute approximate surface area is 166 Å². The normalized spacial score (nSPS) is 15.1. The number of rotatable bonds is 7. The highest BCUT2D eigenvalue weighted by Gasteiger charge is 2.16. The van der Waals surface area contributed by atoms with Crippen LogP contribution in [0.2, 0.25) is 0 Å². The van der Waals surface area contributed by atoms with Gasteiger partial charge in [0.2, 0.25) is 5.91 Å². The van der Waals surface area contributed by atoms with E-state index in [-0.39, 0.29) is 18.3 Å². The van der Waals surface area contributed by atoms with Crippen molar-refractivity contribution in [2.24, 2.45) is 0 Å². The maximum atomic E-state index is 13.3. The van der Waals surface area contributed by atoms with Crippen LogP contribution in [0.15, 0.2) is 48.5 Å². The molecule has 2 aromatic rings. The van der Waals surface area contributed by atoms with Gasteiger partial charge in [-0.1, -0.05) is 19.1 Å². The molecule has 1 aliphatic rings. The molecule has 28 heavy (non-hydrogen) atoms. The molecule has 1 saturated heterocycles. The van der Waals surface area contributed by atoms with Gasteiger partial charge in [-0.3, -0.25) is 9.69 Å². The highest BCUT2D eigenvalue weighted by Crippen LogP contribution is 2.19. The molecular formula is C22H29FN4O. The van der Waals surface area contributed by atoms with Crippen LogP contribution in [0, 0.1) is 5.82 Å². The molecule has 0 saturated carbocycles. The minimum Gasteiger partial charge on any atom is -0.369 e. The average Bonchev–Trinajstić information content (AvgIpc) is 2.68. The number of carbonyl (C=O) groups excluding carboxylic acids is 1. The monoisotopic (exact) mass is 384 g/mol. The van der Waals surface area contributed by atoms with Gasteiger partial charge in [-0.25, -0.2) is 4.39 Å². The third kappa shape index (κ3) is 5.78. The molecule has 0 aliphatic carbocycles. The summed E-state index contributed by atoms with van der Waals surface area (Å²) < 4.78 is 13.3. The van der Waals surface area contributed by atoms with Crippen LogP contribution in [-0.2, 0) is 11.3 Å². The molecule has 1 N–H and O–H groups in total. The van der Waals surface area contributed by atoms with Crippen LogP contribution in [0.4, 0.5) is 15.8 Å². The summed E-state index contributed by atoms with van der Waals surface area (Å²) in [5, 5.41) is 2.93. The van der Waals surface area contributed by atoms with Crippen molar-refractivity contribution in [3.63, 3.8) is 0 Å². The first-order valence-electron chi connectivity index (χ1n) is 9.83. The van der Waals surface area contributed by atoms with E-state index in [1.807, 2.05) is 30.1 Å². The maximum absolute atomic E-state index is 13.3. The van der Waals surface area contributed by atoms with Crippen molar-refractivity contribution in [2.75, 3.05) is 56.5 Å². The second-order valence-electron chi connectivity index (χ2n) is 7.32. The third-order valence-electron chi connectivity index (χ3n) is 5.09. The molecule has 0 aromatic heterocycles. The van der Waals surface area contributed by atoms with E-state index in [1.54, 1.807) is 6.07 Å². The molecule has 1 aliphatic heterocycles. The number of hydrogen-bond donors (Lipinski definition) is 1. The van der Waals surface area contributed by atoms with Crippen molar-refractivity contribution >= 4 is 17.3 Å². The number of nitrogens with one attached hydrogen (secondary N) is 1. The van der Waals surface area contributed by atoms with Crippen LogP contribution >= 0.6 is 0 Å². The molecule has 1 amide bonds. The lowest BCUT2D eigenvalue weighted by atomic mass is 10.2. The Bertz CT molecular complexity index is 772. The minimum atomic E-state index is -0.258. The number of amides is 1. The highest BCUT2D eigenvalue weighted by molar-refractivity contribution is 5.92. The molecule has 2 aromatic carbocycles. The molecule has 0 spiro atoms. The molecule has 0 unspecified atom stereocenters. The number of anilines is 2. The first-order valence-corrected chi connectivity index (χ1v) is 9.83.